The average Bonchev–Trinajstić information content (AvgIpc) is 2.45. The molecule has 2 nitrogen and oxygen atoms in total. The summed E-state index contributed by atoms with van der Waals surface area (Å²) in [6, 6.07) is 8.46. The van der Waals surface area contributed by atoms with E-state index >= 15 is 0 Å². The largest absolute Gasteiger partial charge is 0.322 e. The number of amides is 1. The number of benzene rings is 2. The van der Waals surface area contributed by atoms with Crippen LogP contribution in [0.4, 0.5) is 18.9 Å². The van der Waals surface area contributed by atoms with Crippen molar-refractivity contribution in [1.29, 1.82) is 0 Å². The third-order valence-corrected chi connectivity index (χ3v) is 3.27. The maximum atomic E-state index is 13.5. The molecule has 1 amide bonds. The van der Waals surface area contributed by atoms with Crippen LogP contribution in [0.2, 0.25) is 0 Å². The number of hydrogen-bond donors (Lipinski definition) is 1. The lowest BCUT2D eigenvalue weighted by Crippen LogP contribution is -2.15. The van der Waals surface area contributed by atoms with Crippen LogP contribution in [-0.4, -0.2) is 5.91 Å². The summed E-state index contributed by atoms with van der Waals surface area (Å²) in [5.41, 5.74) is 0.804. The molecule has 0 fully saturated rings. The molecular formula is C14H9BrF3NO. The van der Waals surface area contributed by atoms with E-state index in [1.54, 1.807) is 18.2 Å². The van der Waals surface area contributed by atoms with Crippen LogP contribution in [0.25, 0.3) is 0 Å². The van der Waals surface area contributed by atoms with Crippen LogP contribution in [0.15, 0.2) is 36.4 Å². The summed E-state index contributed by atoms with van der Waals surface area (Å²) in [5.74, 6) is -5.33. The lowest BCUT2D eigenvalue weighted by Gasteiger charge is -2.08. The van der Waals surface area contributed by atoms with E-state index in [4.69, 9.17) is 0 Å². The zero-order valence-corrected chi connectivity index (χ0v) is 11.7. The fraction of sp³-hybridized carbons (Fsp3) is 0.0714. The van der Waals surface area contributed by atoms with Gasteiger partial charge in [0.25, 0.3) is 5.91 Å². The second-order valence-electron chi connectivity index (χ2n) is 4.01. The molecule has 0 saturated carbocycles. The van der Waals surface area contributed by atoms with Gasteiger partial charge < -0.3 is 5.32 Å². The Morgan fingerprint density at radius 3 is 2.55 bits per heavy atom. The van der Waals surface area contributed by atoms with E-state index in [0.29, 0.717) is 17.1 Å². The van der Waals surface area contributed by atoms with Crippen LogP contribution in [0.3, 0.4) is 0 Å². The molecular weight excluding hydrogens is 335 g/mol. The van der Waals surface area contributed by atoms with E-state index in [1.807, 2.05) is 6.07 Å². The van der Waals surface area contributed by atoms with Gasteiger partial charge in [0.15, 0.2) is 17.5 Å². The van der Waals surface area contributed by atoms with Crippen molar-refractivity contribution >= 4 is 27.5 Å². The molecule has 2 rings (SSSR count). The van der Waals surface area contributed by atoms with Gasteiger partial charge in [0.1, 0.15) is 0 Å². The molecule has 1 N–H and O–H groups in total. The molecule has 0 aliphatic carbocycles. The van der Waals surface area contributed by atoms with Crippen LogP contribution < -0.4 is 5.32 Å². The number of anilines is 1. The summed E-state index contributed by atoms with van der Waals surface area (Å²) in [6.45, 7) is 0. The van der Waals surface area contributed by atoms with Gasteiger partial charge >= 0.3 is 0 Å². The number of carbonyl (C=O) groups excluding carboxylic acids is 1. The highest BCUT2D eigenvalue weighted by atomic mass is 79.9. The van der Waals surface area contributed by atoms with Crippen molar-refractivity contribution in [3.63, 3.8) is 0 Å². The first-order chi connectivity index (χ1) is 9.52. The molecule has 104 valence electrons. The first-order valence-corrected chi connectivity index (χ1v) is 6.75. The minimum atomic E-state index is -1.66. The molecule has 0 bridgehead atoms. The summed E-state index contributed by atoms with van der Waals surface area (Å²) >= 11 is 3.27. The summed E-state index contributed by atoms with van der Waals surface area (Å²) < 4.78 is 39.3. The van der Waals surface area contributed by atoms with Gasteiger partial charge in [-0.25, -0.2) is 13.2 Å². The van der Waals surface area contributed by atoms with Gasteiger partial charge in [0.2, 0.25) is 0 Å². The Bertz CT molecular complexity index is 661. The minimum Gasteiger partial charge on any atom is -0.322 e. The van der Waals surface area contributed by atoms with Crippen molar-refractivity contribution in [1.82, 2.24) is 0 Å². The molecule has 0 spiro atoms. The molecule has 0 heterocycles. The highest BCUT2D eigenvalue weighted by Gasteiger charge is 2.18. The molecule has 20 heavy (non-hydrogen) atoms. The number of hydrogen-bond acceptors (Lipinski definition) is 1. The van der Waals surface area contributed by atoms with E-state index in [0.717, 1.165) is 11.6 Å². The number of halogens is 4. The molecule has 0 radical (unpaired) electrons. The number of rotatable bonds is 3. The normalized spacial score (nSPS) is 10.4. The Morgan fingerprint density at radius 1 is 1.10 bits per heavy atom. The zero-order chi connectivity index (χ0) is 14.7. The molecule has 0 atom stereocenters. The average molecular weight is 344 g/mol. The quantitative estimate of drug-likeness (QED) is 0.655. The Kier molecular flexibility index (Phi) is 4.44. The molecule has 2 aromatic rings. The summed E-state index contributed by atoms with van der Waals surface area (Å²) in [6.07, 6.45) is 0. The highest BCUT2D eigenvalue weighted by Crippen LogP contribution is 2.18. The Hall–Kier alpha value is -1.82. The molecule has 0 aliphatic rings. The summed E-state index contributed by atoms with van der Waals surface area (Å²) in [5, 5.41) is 3.03. The monoisotopic (exact) mass is 343 g/mol. The predicted molar refractivity (Wildman–Crippen MR) is 73.3 cm³/mol. The fourth-order valence-corrected chi connectivity index (χ4v) is 1.98. The van der Waals surface area contributed by atoms with Crippen molar-refractivity contribution in [2.45, 2.75) is 5.33 Å². The van der Waals surface area contributed by atoms with Crippen LogP contribution in [0.1, 0.15) is 15.9 Å². The van der Waals surface area contributed by atoms with E-state index in [9.17, 15) is 18.0 Å². The van der Waals surface area contributed by atoms with Crippen molar-refractivity contribution in [2.75, 3.05) is 5.32 Å². The lowest BCUT2D eigenvalue weighted by atomic mass is 10.1. The second-order valence-corrected chi connectivity index (χ2v) is 4.57. The van der Waals surface area contributed by atoms with Crippen molar-refractivity contribution in [3.05, 3.63) is 65.0 Å². The van der Waals surface area contributed by atoms with E-state index < -0.39 is 28.9 Å². The number of carbonyl (C=O) groups is 1. The third-order valence-electron chi connectivity index (χ3n) is 2.62. The van der Waals surface area contributed by atoms with Gasteiger partial charge in [0, 0.05) is 11.0 Å². The lowest BCUT2D eigenvalue weighted by molar-refractivity contribution is 0.102. The predicted octanol–water partition coefficient (Wildman–Crippen LogP) is 4.25. The highest BCUT2D eigenvalue weighted by molar-refractivity contribution is 9.08. The maximum Gasteiger partial charge on any atom is 0.258 e. The van der Waals surface area contributed by atoms with Gasteiger partial charge in [0.05, 0.1) is 5.56 Å². The smallest absolute Gasteiger partial charge is 0.258 e. The van der Waals surface area contributed by atoms with Crippen molar-refractivity contribution in [3.8, 4) is 0 Å². The maximum absolute atomic E-state index is 13.5. The molecule has 6 heteroatoms. The Morgan fingerprint density at radius 2 is 1.85 bits per heavy atom. The van der Waals surface area contributed by atoms with Gasteiger partial charge in [-0.1, -0.05) is 28.1 Å². The molecule has 0 aliphatic heterocycles. The topological polar surface area (TPSA) is 29.1 Å². The van der Waals surface area contributed by atoms with Crippen LogP contribution in [-0.2, 0) is 5.33 Å². The van der Waals surface area contributed by atoms with E-state index in [2.05, 4.69) is 21.2 Å². The van der Waals surface area contributed by atoms with Crippen molar-refractivity contribution in [2.24, 2.45) is 0 Å². The summed E-state index contributed by atoms with van der Waals surface area (Å²) in [7, 11) is 0. The standard InChI is InChI=1S/C14H9BrF3NO/c15-7-8-2-1-3-9(6-8)19-14(20)10-4-5-11(16)13(18)12(10)17/h1-6H,7H2,(H,19,20). The van der Waals surface area contributed by atoms with Crippen LogP contribution in [0.5, 0.6) is 0 Å². The van der Waals surface area contributed by atoms with Crippen LogP contribution in [0, 0.1) is 17.5 Å². The zero-order valence-electron chi connectivity index (χ0n) is 10.1. The summed E-state index contributed by atoms with van der Waals surface area (Å²) in [4.78, 5) is 11.8. The first-order valence-electron chi connectivity index (χ1n) is 5.62. The first kappa shape index (κ1) is 14.6. The molecule has 2 aromatic carbocycles. The van der Waals surface area contributed by atoms with E-state index in [1.165, 1.54) is 0 Å². The third kappa shape index (κ3) is 3.01. The Labute approximate surface area is 121 Å². The van der Waals surface area contributed by atoms with Crippen LogP contribution >= 0.6 is 15.9 Å². The Balaban J connectivity index is 2.26. The molecule has 0 saturated heterocycles. The van der Waals surface area contributed by atoms with Gasteiger partial charge in [-0.05, 0) is 29.8 Å². The van der Waals surface area contributed by atoms with Gasteiger partial charge in [-0.3, -0.25) is 4.79 Å². The molecule has 0 unspecified atom stereocenters. The van der Waals surface area contributed by atoms with Gasteiger partial charge in [-0.2, -0.15) is 0 Å². The number of alkyl halides is 1. The fourth-order valence-electron chi connectivity index (χ4n) is 1.63. The minimum absolute atomic E-state index is 0.441. The van der Waals surface area contributed by atoms with E-state index in [-0.39, 0.29) is 0 Å². The van der Waals surface area contributed by atoms with Crippen molar-refractivity contribution < 1.29 is 18.0 Å². The second kappa shape index (κ2) is 6.09. The van der Waals surface area contributed by atoms with Gasteiger partial charge in [-0.15, -0.1) is 0 Å². The molecule has 0 aromatic heterocycles. The number of nitrogens with one attached hydrogen (secondary N) is 1. The SMILES string of the molecule is O=C(Nc1cccc(CBr)c1)c1ccc(F)c(F)c1F.